The van der Waals surface area contributed by atoms with Gasteiger partial charge in [0.05, 0.1) is 30.6 Å². The second-order valence-electron chi connectivity index (χ2n) is 10.7. The van der Waals surface area contributed by atoms with E-state index in [4.69, 9.17) is 19.8 Å². The number of rotatable bonds is 6. The highest BCUT2D eigenvalue weighted by Crippen LogP contribution is 2.42. The van der Waals surface area contributed by atoms with E-state index >= 15 is 0 Å². The summed E-state index contributed by atoms with van der Waals surface area (Å²) >= 11 is 0. The molecule has 0 N–H and O–H groups in total. The highest BCUT2D eigenvalue weighted by molar-refractivity contribution is 5.55. The van der Waals surface area contributed by atoms with Crippen molar-refractivity contribution in [2.24, 2.45) is 5.41 Å². The minimum atomic E-state index is -0.510. The summed E-state index contributed by atoms with van der Waals surface area (Å²) < 4.78 is 9.51. The average Bonchev–Trinajstić information content (AvgIpc) is 3.60. The van der Waals surface area contributed by atoms with E-state index in [0.29, 0.717) is 17.4 Å². The van der Waals surface area contributed by atoms with Crippen molar-refractivity contribution in [1.82, 2.24) is 34.2 Å². The number of likely N-dealkylation sites (tertiary alicyclic amines) is 1. The fourth-order valence-electron chi connectivity index (χ4n) is 5.97. The number of nitrogens with zero attached hydrogens (tertiary/aromatic N) is 8. The van der Waals surface area contributed by atoms with Crippen molar-refractivity contribution >= 4 is 0 Å². The molecule has 0 aromatic carbocycles. The van der Waals surface area contributed by atoms with Gasteiger partial charge < -0.3 is 14.2 Å². The van der Waals surface area contributed by atoms with Crippen LogP contribution in [0, 0.1) is 23.7 Å². The van der Waals surface area contributed by atoms with Crippen LogP contribution in [-0.2, 0) is 6.54 Å². The molecular formula is C29H34N8O. The Morgan fingerprint density at radius 3 is 2.71 bits per heavy atom. The highest BCUT2D eigenvalue weighted by Gasteiger charge is 2.36. The van der Waals surface area contributed by atoms with E-state index in [1.165, 1.54) is 25.0 Å². The van der Waals surface area contributed by atoms with Gasteiger partial charge in [-0.1, -0.05) is 12.2 Å². The summed E-state index contributed by atoms with van der Waals surface area (Å²) in [6.07, 6.45) is 17.6. The van der Waals surface area contributed by atoms with Crippen LogP contribution in [0.25, 0.3) is 17.2 Å². The number of ether oxygens (including phenoxy) is 1. The number of nitriles is 1. The smallest absolute Gasteiger partial charge is 0.238 e. The number of pyridine rings is 1. The fraction of sp³-hybridized carbons (Fsp3) is 0.483. The topological polar surface area (TPSA) is 97.7 Å². The maximum atomic E-state index is 10.3. The molecule has 0 radical (unpaired) electrons. The highest BCUT2D eigenvalue weighted by atomic mass is 16.5. The number of hydrogen-bond acceptors (Lipinski definition) is 7. The quantitative estimate of drug-likeness (QED) is 0.463. The van der Waals surface area contributed by atoms with Crippen molar-refractivity contribution < 1.29 is 4.74 Å². The van der Waals surface area contributed by atoms with Crippen molar-refractivity contribution in [3.63, 3.8) is 0 Å². The molecule has 3 aromatic heterocycles. The zero-order valence-electron chi connectivity index (χ0n) is 22.2. The SMILES string of the molecule is COc1nc(-c2nc3n(n2)CCC[C@@H]3CC2(C#N)C=CC(N3CCCCC3)=CC2)ccc1-n1cnc(C)c1. The minimum absolute atomic E-state index is 0.175. The van der Waals surface area contributed by atoms with Crippen LogP contribution in [0.15, 0.2) is 48.6 Å². The Morgan fingerprint density at radius 1 is 1.13 bits per heavy atom. The number of methoxy groups -OCH3 is 1. The Morgan fingerprint density at radius 2 is 2.00 bits per heavy atom. The maximum Gasteiger partial charge on any atom is 0.238 e. The van der Waals surface area contributed by atoms with E-state index in [1.807, 2.05) is 34.5 Å². The van der Waals surface area contributed by atoms with Crippen LogP contribution in [-0.4, -0.2) is 54.4 Å². The van der Waals surface area contributed by atoms with Gasteiger partial charge in [0.2, 0.25) is 5.88 Å². The molecule has 9 heteroatoms. The van der Waals surface area contributed by atoms with Crippen LogP contribution in [0.5, 0.6) is 5.88 Å². The molecule has 196 valence electrons. The fourth-order valence-corrected chi connectivity index (χ4v) is 5.97. The van der Waals surface area contributed by atoms with Crippen LogP contribution in [0.3, 0.4) is 0 Å². The molecular weight excluding hydrogens is 476 g/mol. The summed E-state index contributed by atoms with van der Waals surface area (Å²) in [5, 5.41) is 15.1. The molecule has 0 amide bonds. The summed E-state index contributed by atoms with van der Waals surface area (Å²) in [6, 6.07) is 6.54. The zero-order chi connectivity index (χ0) is 26.1. The molecule has 38 heavy (non-hydrogen) atoms. The number of fused-ring (bicyclic) bond motifs is 1. The van der Waals surface area contributed by atoms with Crippen molar-refractivity contribution in [1.29, 1.82) is 5.26 Å². The summed E-state index contributed by atoms with van der Waals surface area (Å²) in [4.78, 5) is 16.5. The van der Waals surface area contributed by atoms with E-state index in [-0.39, 0.29) is 5.92 Å². The number of hydrogen-bond donors (Lipinski definition) is 0. The second kappa shape index (κ2) is 10.1. The Bertz CT molecular complexity index is 1420. The summed E-state index contributed by atoms with van der Waals surface area (Å²) in [6.45, 7) is 5.01. The molecule has 1 aliphatic carbocycles. The molecule has 1 unspecified atom stereocenters. The minimum Gasteiger partial charge on any atom is -0.479 e. The number of aromatic nitrogens is 6. The maximum absolute atomic E-state index is 10.3. The predicted octanol–water partition coefficient (Wildman–Crippen LogP) is 4.95. The van der Waals surface area contributed by atoms with Crippen molar-refractivity contribution in [2.45, 2.75) is 64.3 Å². The van der Waals surface area contributed by atoms with E-state index in [1.54, 1.807) is 13.4 Å². The first-order valence-electron chi connectivity index (χ1n) is 13.6. The number of allylic oxidation sites excluding steroid dienone is 3. The predicted molar refractivity (Wildman–Crippen MR) is 144 cm³/mol. The summed E-state index contributed by atoms with van der Waals surface area (Å²) in [5.74, 6) is 2.22. The third-order valence-corrected chi connectivity index (χ3v) is 8.04. The molecule has 3 aliphatic rings. The number of piperidine rings is 1. The molecule has 5 heterocycles. The molecule has 9 nitrogen and oxygen atoms in total. The first kappa shape index (κ1) is 24.4. The summed E-state index contributed by atoms with van der Waals surface area (Å²) in [5.41, 5.74) is 3.18. The molecule has 2 aliphatic heterocycles. The molecule has 1 fully saturated rings. The van der Waals surface area contributed by atoms with Gasteiger partial charge in [0.15, 0.2) is 5.82 Å². The van der Waals surface area contributed by atoms with Crippen LogP contribution < -0.4 is 4.74 Å². The van der Waals surface area contributed by atoms with Gasteiger partial charge in [-0.3, -0.25) is 0 Å². The van der Waals surface area contributed by atoms with Gasteiger partial charge in [-0.15, -0.1) is 5.10 Å². The van der Waals surface area contributed by atoms with Crippen LogP contribution in [0.1, 0.15) is 62.4 Å². The van der Waals surface area contributed by atoms with Gasteiger partial charge in [0, 0.05) is 37.4 Å². The Labute approximate surface area is 223 Å². The van der Waals surface area contributed by atoms with Crippen LogP contribution in [0.2, 0.25) is 0 Å². The van der Waals surface area contributed by atoms with E-state index in [9.17, 15) is 5.26 Å². The first-order valence-corrected chi connectivity index (χ1v) is 13.6. The Balaban J connectivity index is 1.23. The lowest BCUT2D eigenvalue weighted by molar-refractivity contribution is 0.284. The summed E-state index contributed by atoms with van der Waals surface area (Å²) in [7, 11) is 1.62. The lowest BCUT2D eigenvalue weighted by Crippen LogP contribution is -2.31. The number of aryl methyl sites for hydroxylation is 2. The number of imidazole rings is 1. The Hall–Kier alpha value is -3.93. The van der Waals surface area contributed by atoms with E-state index in [0.717, 1.165) is 62.5 Å². The third kappa shape index (κ3) is 4.60. The largest absolute Gasteiger partial charge is 0.479 e. The molecule has 6 rings (SSSR count). The van der Waals surface area contributed by atoms with Crippen molar-refractivity contribution in [3.05, 3.63) is 60.1 Å². The molecule has 3 aromatic rings. The lowest BCUT2D eigenvalue weighted by atomic mass is 9.73. The Kier molecular flexibility index (Phi) is 6.48. The van der Waals surface area contributed by atoms with Crippen LogP contribution >= 0.6 is 0 Å². The van der Waals surface area contributed by atoms with Gasteiger partial charge in [-0.2, -0.15) is 5.26 Å². The molecule has 0 spiro atoms. The van der Waals surface area contributed by atoms with Gasteiger partial charge >= 0.3 is 0 Å². The van der Waals surface area contributed by atoms with Gasteiger partial charge in [-0.05, 0) is 70.1 Å². The molecule has 0 saturated carbocycles. The van der Waals surface area contributed by atoms with Gasteiger partial charge in [0.1, 0.15) is 17.2 Å². The standard InChI is InChI=1S/C29H34N8O/c1-21-18-36(20-31-21)25-9-8-24(32-28(25)38-2)26-33-27-22(7-6-16-37(27)34-26)17-29(19-30)12-10-23(11-13-29)35-14-4-3-5-15-35/h8-12,18,20,22H,3-7,13-17H2,1-2H3/t22-,29?/m1/s1. The normalized spacial score (nSPS) is 23.0. The lowest BCUT2D eigenvalue weighted by Gasteiger charge is -2.35. The molecule has 2 atom stereocenters. The monoisotopic (exact) mass is 510 g/mol. The third-order valence-electron chi connectivity index (χ3n) is 8.04. The zero-order valence-corrected chi connectivity index (χ0v) is 22.2. The van der Waals surface area contributed by atoms with Crippen molar-refractivity contribution in [2.75, 3.05) is 20.2 Å². The van der Waals surface area contributed by atoms with Gasteiger partial charge in [0.25, 0.3) is 0 Å². The molecule has 1 saturated heterocycles. The van der Waals surface area contributed by atoms with Gasteiger partial charge in [-0.25, -0.2) is 19.6 Å². The van der Waals surface area contributed by atoms with E-state index < -0.39 is 5.41 Å². The van der Waals surface area contributed by atoms with E-state index in [2.05, 4.69) is 34.2 Å². The second-order valence-corrected chi connectivity index (χ2v) is 10.7. The first-order chi connectivity index (χ1) is 18.6. The molecule has 0 bridgehead atoms. The van der Waals surface area contributed by atoms with Crippen molar-refractivity contribution in [3.8, 4) is 29.2 Å². The average molecular weight is 511 g/mol. The van der Waals surface area contributed by atoms with Crippen LogP contribution in [0.4, 0.5) is 0 Å².